The molecule has 31 heavy (non-hydrogen) atoms. The molecule has 8 nitrogen and oxygen atoms in total. The number of carbonyl (C=O) groups excluding carboxylic acids is 3. The number of nitrogens with one attached hydrogen (secondary N) is 2. The molecule has 162 valence electrons. The third-order valence-corrected chi connectivity index (χ3v) is 5.91. The van der Waals surface area contributed by atoms with E-state index in [1.54, 1.807) is 14.2 Å². The van der Waals surface area contributed by atoms with Gasteiger partial charge in [0.2, 0.25) is 5.91 Å². The van der Waals surface area contributed by atoms with Crippen molar-refractivity contribution >= 4 is 17.8 Å². The highest BCUT2D eigenvalue weighted by Gasteiger charge is 2.55. The molecule has 2 aromatic rings. The molecular formula is C23H25N3O5. The summed E-state index contributed by atoms with van der Waals surface area (Å²) in [5, 5.41) is 5.61. The minimum Gasteiger partial charge on any atom is -0.493 e. The van der Waals surface area contributed by atoms with Crippen LogP contribution in [0.25, 0.3) is 0 Å². The van der Waals surface area contributed by atoms with E-state index in [4.69, 9.17) is 9.47 Å². The highest BCUT2D eigenvalue weighted by Crippen LogP contribution is 2.41. The molecule has 1 aliphatic heterocycles. The lowest BCUT2D eigenvalue weighted by Gasteiger charge is -2.22. The van der Waals surface area contributed by atoms with E-state index in [-0.39, 0.29) is 18.4 Å². The fourth-order valence-corrected chi connectivity index (χ4v) is 4.32. The molecule has 1 heterocycles. The van der Waals surface area contributed by atoms with Crippen molar-refractivity contribution in [3.63, 3.8) is 0 Å². The maximum absolute atomic E-state index is 13.1. The van der Waals surface area contributed by atoms with E-state index in [1.165, 1.54) is 0 Å². The summed E-state index contributed by atoms with van der Waals surface area (Å²) in [6, 6.07) is 12.6. The first-order valence-corrected chi connectivity index (χ1v) is 10.2. The van der Waals surface area contributed by atoms with Crippen LogP contribution in [-0.4, -0.2) is 50.1 Å². The van der Waals surface area contributed by atoms with Gasteiger partial charge in [0.1, 0.15) is 12.1 Å². The summed E-state index contributed by atoms with van der Waals surface area (Å²) in [5.74, 6) is 0.508. The topological polar surface area (TPSA) is 97.0 Å². The van der Waals surface area contributed by atoms with Crippen molar-refractivity contribution in [3.8, 4) is 11.5 Å². The van der Waals surface area contributed by atoms with Crippen molar-refractivity contribution in [2.45, 2.75) is 24.8 Å². The normalized spacial score (nSPS) is 19.4. The number of aryl methyl sites for hydroxylation is 1. The summed E-state index contributed by atoms with van der Waals surface area (Å²) in [7, 11) is 3.14. The quantitative estimate of drug-likeness (QED) is 0.662. The first-order valence-electron chi connectivity index (χ1n) is 10.2. The van der Waals surface area contributed by atoms with E-state index in [1.807, 2.05) is 42.5 Å². The number of hydrogen-bond acceptors (Lipinski definition) is 5. The standard InChI is InChI=1S/C23H25N3O5/c1-30-18-8-7-15(13-19(18)31-2)10-12-24-20(27)14-26-21(28)23(25-22(26)29)11-9-16-5-3-4-6-17(16)23/h3-8,13H,9-12,14H2,1-2H3,(H,24,27)(H,25,29). The van der Waals surface area contributed by atoms with E-state index < -0.39 is 11.6 Å². The van der Waals surface area contributed by atoms with Crippen LogP contribution in [0.1, 0.15) is 23.1 Å². The summed E-state index contributed by atoms with van der Waals surface area (Å²) in [6.45, 7) is 0.0620. The van der Waals surface area contributed by atoms with E-state index in [9.17, 15) is 14.4 Å². The summed E-state index contributed by atoms with van der Waals surface area (Å²) < 4.78 is 10.5. The minimum atomic E-state index is -1.05. The highest BCUT2D eigenvalue weighted by molar-refractivity contribution is 6.09. The number of benzene rings is 2. The third-order valence-electron chi connectivity index (χ3n) is 5.91. The molecule has 0 radical (unpaired) electrons. The summed E-state index contributed by atoms with van der Waals surface area (Å²) in [5.41, 5.74) is 1.80. The van der Waals surface area contributed by atoms with Crippen molar-refractivity contribution in [3.05, 3.63) is 59.2 Å². The second-order valence-corrected chi connectivity index (χ2v) is 7.67. The maximum Gasteiger partial charge on any atom is 0.325 e. The summed E-state index contributed by atoms with van der Waals surface area (Å²) in [4.78, 5) is 39.0. The van der Waals surface area contributed by atoms with Gasteiger partial charge in [0.25, 0.3) is 5.91 Å². The second-order valence-electron chi connectivity index (χ2n) is 7.67. The number of nitrogens with zero attached hydrogens (tertiary/aromatic N) is 1. The zero-order chi connectivity index (χ0) is 22.0. The Labute approximate surface area is 180 Å². The Balaban J connectivity index is 1.35. The van der Waals surface area contributed by atoms with Gasteiger partial charge < -0.3 is 20.1 Å². The minimum absolute atomic E-state index is 0.305. The molecule has 4 amide bonds. The molecule has 1 aliphatic carbocycles. The summed E-state index contributed by atoms with van der Waals surface area (Å²) >= 11 is 0. The number of methoxy groups -OCH3 is 2. The molecule has 4 rings (SSSR count). The van der Waals surface area contributed by atoms with Gasteiger partial charge in [0, 0.05) is 6.54 Å². The van der Waals surface area contributed by atoms with Crippen molar-refractivity contribution in [2.24, 2.45) is 0 Å². The first-order chi connectivity index (χ1) is 15.0. The number of fused-ring (bicyclic) bond motifs is 2. The number of imide groups is 1. The fraction of sp³-hybridized carbons (Fsp3) is 0.348. The summed E-state index contributed by atoms with van der Waals surface area (Å²) in [6.07, 6.45) is 1.80. The van der Waals surface area contributed by atoms with Crippen molar-refractivity contribution in [2.75, 3.05) is 27.3 Å². The van der Waals surface area contributed by atoms with Gasteiger partial charge in [0.15, 0.2) is 11.5 Å². The van der Waals surface area contributed by atoms with Crippen LogP contribution in [0.2, 0.25) is 0 Å². The number of carbonyl (C=O) groups is 3. The largest absolute Gasteiger partial charge is 0.493 e. The van der Waals surface area contributed by atoms with E-state index in [0.29, 0.717) is 37.3 Å². The van der Waals surface area contributed by atoms with Gasteiger partial charge in [-0.05, 0) is 48.1 Å². The monoisotopic (exact) mass is 423 g/mol. The van der Waals surface area contributed by atoms with Gasteiger partial charge in [-0.1, -0.05) is 30.3 Å². The van der Waals surface area contributed by atoms with E-state index in [0.717, 1.165) is 21.6 Å². The molecular weight excluding hydrogens is 398 g/mol. The fourth-order valence-electron chi connectivity index (χ4n) is 4.32. The lowest BCUT2D eigenvalue weighted by atomic mass is 9.92. The first kappa shape index (κ1) is 20.7. The number of amides is 4. The number of hydrogen-bond donors (Lipinski definition) is 2. The molecule has 1 fully saturated rings. The Kier molecular flexibility index (Phi) is 5.54. The van der Waals surface area contributed by atoms with Crippen molar-refractivity contribution in [1.82, 2.24) is 15.5 Å². The molecule has 1 saturated heterocycles. The molecule has 0 bridgehead atoms. The van der Waals surface area contributed by atoms with Crippen LogP contribution in [0.5, 0.6) is 11.5 Å². The zero-order valence-electron chi connectivity index (χ0n) is 17.6. The predicted octanol–water partition coefficient (Wildman–Crippen LogP) is 1.76. The smallest absolute Gasteiger partial charge is 0.325 e. The van der Waals surface area contributed by atoms with Crippen LogP contribution in [-0.2, 0) is 28.0 Å². The van der Waals surface area contributed by atoms with Gasteiger partial charge >= 0.3 is 6.03 Å². The van der Waals surface area contributed by atoms with Crippen molar-refractivity contribution < 1.29 is 23.9 Å². The number of urea groups is 1. The lowest BCUT2D eigenvalue weighted by Crippen LogP contribution is -2.44. The highest BCUT2D eigenvalue weighted by atomic mass is 16.5. The van der Waals surface area contributed by atoms with Gasteiger partial charge in [-0.15, -0.1) is 0 Å². The van der Waals surface area contributed by atoms with Crippen LogP contribution in [0.4, 0.5) is 4.79 Å². The molecule has 1 spiro atoms. The average Bonchev–Trinajstić information content (AvgIpc) is 3.26. The molecule has 2 N–H and O–H groups in total. The Morgan fingerprint density at radius 2 is 1.90 bits per heavy atom. The Morgan fingerprint density at radius 1 is 1.13 bits per heavy atom. The predicted molar refractivity (Wildman–Crippen MR) is 113 cm³/mol. The van der Waals surface area contributed by atoms with Crippen LogP contribution in [0.15, 0.2) is 42.5 Å². The lowest BCUT2D eigenvalue weighted by molar-refractivity contribution is -0.135. The molecule has 2 aliphatic rings. The van der Waals surface area contributed by atoms with Gasteiger partial charge in [0.05, 0.1) is 14.2 Å². The second kappa shape index (κ2) is 8.29. The van der Waals surface area contributed by atoms with Crippen LogP contribution in [0, 0.1) is 0 Å². The van der Waals surface area contributed by atoms with E-state index >= 15 is 0 Å². The maximum atomic E-state index is 13.1. The zero-order valence-corrected chi connectivity index (χ0v) is 17.6. The van der Waals surface area contributed by atoms with Gasteiger partial charge in [-0.2, -0.15) is 0 Å². The Morgan fingerprint density at radius 3 is 2.68 bits per heavy atom. The Hall–Kier alpha value is -3.55. The van der Waals surface area contributed by atoms with Crippen molar-refractivity contribution in [1.29, 1.82) is 0 Å². The molecule has 2 aromatic carbocycles. The van der Waals surface area contributed by atoms with E-state index in [2.05, 4.69) is 10.6 Å². The number of rotatable bonds is 7. The molecule has 0 saturated carbocycles. The van der Waals surface area contributed by atoms with Crippen LogP contribution >= 0.6 is 0 Å². The van der Waals surface area contributed by atoms with Gasteiger partial charge in [-0.25, -0.2) is 4.79 Å². The van der Waals surface area contributed by atoms with Gasteiger partial charge in [-0.3, -0.25) is 14.5 Å². The molecule has 1 unspecified atom stereocenters. The molecule has 8 heteroatoms. The average molecular weight is 423 g/mol. The third kappa shape index (κ3) is 3.69. The van der Waals surface area contributed by atoms with Crippen LogP contribution in [0.3, 0.4) is 0 Å². The molecule has 1 atom stereocenters. The number of ether oxygens (including phenoxy) is 2. The van der Waals surface area contributed by atoms with Crippen LogP contribution < -0.4 is 20.1 Å². The Bertz CT molecular complexity index is 1040. The molecule has 0 aromatic heterocycles. The SMILES string of the molecule is COc1ccc(CCNC(=O)CN2C(=O)NC3(CCc4ccccc43)C2=O)cc1OC.